The molecule has 32 heavy (non-hydrogen) atoms. The molecule has 1 atom stereocenters. The first-order chi connectivity index (χ1) is 15.5. The Morgan fingerprint density at radius 3 is 2.84 bits per heavy atom. The number of amides is 1. The fourth-order valence-corrected chi connectivity index (χ4v) is 4.17. The van der Waals surface area contributed by atoms with Crippen molar-refractivity contribution < 1.29 is 4.79 Å². The minimum atomic E-state index is -0.345. The Bertz CT molecular complexity index is 1360. The number of anilines is 2. The van der Waals surface area contributed by atoms with E-state index >= 15 is 0 Å². The Morgan fingerprint density at radius 1 is 1.22 bits per heavy atom. The zero-order valence-corrected chi connectivity index (χ0v) is 18.1. The molecule has 0 radical (unpaired) electrons. The molecule has 7 nitrogen and oxygen atoms in total. The number of carbonyl (C=O) groups excluding carboxylic acids is 1. The quantitative estimate of drug-likeness (QED) is 0.423. The molecule has 0 aliphatic carbocycles. The van der Waals surface area contributed by atoms with E-state index in [1.807, 2.05) is 67.6 Å². The Morgan fingerprint density at radius 2 is 2.03 bits per heavy atom. The average Bonchev–Trinajstić information content (AvgIpc) is 3.15. The SMILES string of the molecule is CC(NC(=O)c1c(N)nn2c1NCC=C2)c1cc2cccc(Cl)c2nc1-c1ccccc1. The predicted molar refractivity (Wildman–Crippen MR) is 129 cm³/mol. The van der Waals surface area contributed by atoms with Crippen LogP contribution in [0.2, 0.25) is 5.02 Å². The first-order valence-electron chi connectivity index (χ1n) is 10.3. The van der Waals surface area contributed by atoms with Gasteiger partial charge in [-0.05, 0) is 25.1 Å². The fraction of sp³-hybridized carbons (Fsp3) is 0.125. The van der Waals surface area contributed by atoms with Gasteiger partial charge < -0.3 is 16.4 Å². The number of para-hydroxylation sites is 1. The lowest BCUT2D eigenvalue weighted by Crippen LogP contribution is -2.28. The molecule has 3 heterocycles. The van der Waals surface area contributed by atoms with Crippen LogP contribution in [0.5, 0.6) is 0 Å². The summed E-state index contributed by atoms with van der Waals surface area (Å²) in [5.74, 6) is 0.459. The zero-order chi connectivity index (χ0) is 22.2. The van der Waals surface area contributed by atoms with Gasteiger partial charge in [0.25, 0.3) is 5.91 Å². The van der Waals surface area contributed by atoms with E-state index in [2.05, 4.69) is 15.7 Å². The topological polar surface area (TPSA) is 97.9 Å². The number of carbonyl (C=O) groups is 1. The molecule has 160 valence electrons. The van der Waals surface area contributed by atoms with Crippen LogP contribution in [0.1, 0.15) is 28.9 Å². The molecule has 1 amide bonds. The maximum absolute atomic E-state index is 13.2. The highest BCUT2D eigenvalue weighted by atomic mass is 35.5. The van der Waals surface area contributed by atoms with Crippen molar-refractivity contribution in [3.8, 4) is 11.3 Å². The summed E-state index contributed by atoms with van der Waals surface area (Å²) >= 11 is 6.42. The van der Waals surface area contributed by atoms with Crippen molar-refractivity contribution in [3.63, 3.8) is 0 Å². The van der Waals surface area contributed by atoms with Crippen LogP contribution in [0.15, 0.2) is 60.7 Å². The van der Waals surface area contributed by atoms with E-state index in [0.717, 1.165) is 27.7 Å². The average molecular weight is 445 g/mol. The van der Waals surface area contributed by atoms with Crippen LogP contribution in [-0.4, -0.2) is 27.2 Å². The molecule has 0 saturated carbocycles. The molecule has 0 spiro atoms. The molecule has 4 aromatic rings. The summed E-state index contributed by atoms with van der Waals surface area (Å²) in [6.07, 6.45) is 3.69. The smallest absolute Gasteiger partial charge is 0.259 e. The standard InChI is InChI=1S/C24H21ClN6O/c1-14(28-24(32)19-22(26)30-31-12-6-11-27-23(19)31)17-13-16-9-5-10-18(25)21(16)29-20(17)15-7-3-2-4-8-15/h2-10,12-14,27H,11H2,1H3,(H2,26,30)(H,28,32). The minimum absolute atomic E-state index is 0.176. The van der Waals surface area contributed by atoms with Crippen LogP contribution in [0, 0.1) is 0 Å². The van der Waals surface area contributed by atoms with Gasteiger partial charge in [0.05, 0.1) is 22.3 Å². The maximum atomic E-state index is 13.2. The van der Waals surface area contributed by atoms with Crippen LogP contribution < -0.4 is 16.4 Å². The number of hydrogen-bond donors (Lipinski definition) is 3. The van der Waals surface area contributed by atoms with E-state index in [9.17, 15) is 4.79 Å². The second kappa shape index (κ2) is 8.01. The van der Waals surface area contributed by atoms with Gasteiger partial charge >= 0.3 is 0 Å². The normalized spacial score (nSPS) is 13.4. The van der Waals surface area contributed by atoms with Crippen LogP contribution in [0.4, 0.5) is 11.6 Å². The van der Waals surface area contributed by atoms with Gasteiger partial charge in [-0.15, -0.1) is 5.10 Å². The molecule has 2 aromatic heterocycles. The molecule has 0 bridgehead atoms. The number of hydrogen-bond acceptors (Lipinski definition) is 5. The Hall–Kier alpha value is -3.84. The van der Waals surface area contributed by atoms with Gasteiger partial charge in [0.15, 0.2) is 5.82 Å². The van der Waals surface area contributed by atoms with E-state index in [-0.39, 0.29) is 17.8 Å². The Labute approximate surface area is 189 Å². The summed E-state index contributed by atoms with van der Waals surface area (Å²) in [6.45, 7) is 2.53. The van der Waals surface area contributed by atoms with Crippen molar-refractivity contribution in [1.82, 2.24) is 20.1 Å². The van der Waals surface area contributed by atoms with E-state index in [4.69, 9.17) is 22.3 Å². The van der Waals surface area contributed by atoms with Crippen LogP contribution in [0.25, 0.3) is 28.4 Å². The van der Waals surface area contributed by atoms with Crippen molar-refractivity contribution in [2.75, 3.05) is 17.6 Å². The van der Waals surface area contributed by atoms with Crippen LogP contribution in [0.3, 0.4) is 0 Å². The highest BCUT2D eigenvalue weighted by Crippen LogP contribution is 2.33. The maximum Gasteiger partial charge on any atom is 0.259 e. The zero-order valence-electron chi connectivity index (χ0n) is 17.3. The van der Waals surface area contributed by atoms with E-state index < -0.39 is 0 Å². The number of aromatic nitrogens is 3. The van der Waals surface area contributed by atoms with E-state index in [0.29, 0.717) is 22.9 Å². The molecule has 1 aliphatic heterocycles. The summed E-state index contributed by atoms with van der Waals surface area (Å²) in [6, 6.07) is 17.2. The third kappa shape index (κ3) is 3.46. The number of halogens is 1. The van der Waals surface area contributed by atoms with Crippen LogP contribution in [-0.2, 0) is 0 Å². The molecule has 0 saturated heterocycles. The third-order valence-corrected chi connectivity index (χ3v) is 5.79. The van der Waals surface area contributed by atoms with Crippen molar-refractivity contribution >= 4 is 46.2 Å². The summed E-state index contributed by atoms with van der Waals surface area (Å²) in [5, 5.41) is 11.9. The number of nitrogens with zero attached hydrogens (tertiary/aromatic N) is 3. The van der Waals surface area contributed by atoms with E-state index in [1.54, 1.807) is 10.9 Å². The summed E-state index contributed by atoms with van der Waals surface area (Å²) < 4.78 is 1.58. The van der Waals surface area contributed by atoms with Gasteiger partial charge in [-0.2, -0.15) is 0 Å². The first-order valence-corrected chi connectivity index (χ1v) is 10.6. The number of nitrogens with two attached hydrogens (primary N) is 1. The third-order valence-electron chi connectivity index (χ3n) is 5.49. The minimum Gasteiger partial charge on any atom is -0.381 e. The van der Waals surface area contributed by atoms with E-state index in [1.165, 1.54) is 0 Å². The molecule has 4 N–H and O–H groups in total. The monoisotopic (exact) mass is 444 g/mol. The largest absolute Gasteiger partial charge is 0.381 e. The van der Waals surface area contributed by atoms with Crippen LogP contribution >= 0.6 is 11.6 Å². The van der Waals surface area contributed by atoms with Crippen molar-refractivity contribution in [2.45, 2.75) is 13.0 Å². The molecule has 5 rings (SSSR count). The lowest BCUT2D eigenvalue weighted by atomic mass is 9.98. The van der Waals surface area contributed by atoms with Crippen molar-refractivity contribution in [2.24, 2.45) is 0 Å². The highest BCUT2D eigenvalue weighted by Gasteiger charge is 2.25. The molecular formula is C24H21ClN6O. The first kappa shape index (κ1) is 20.1. The molecule has 0 fully saturated rings. The highest BCUT2D eigenvalue weighted by molar-refractivity contribution is 6.35. The summed E-state index contributed by atoms with van der Waals surface area (Å²) in [7, 11) is 0. The fourth-order valence-electron chi connectivity index (χ4n) is 3.94. The predicted octanol–water partition coefficient (Wildman–Crippen LogP) is 4.72. The number of nitrogen functional groups attached to an aromatic ring is 1. The second-order valence-electron chi connectivity index (χ2n) is 7.62. The lowest BCUT2D eigenvalue weighted by Gasteiger charge is -2.19. The second-order valence-corrected chi connectivity index (χ2v) is 8.03. The van der Waals surface area contributed by atoms with Gasteiger partial charge in [0, 0.05) is 29.3 Å². The van der Waals surface area contributed by atoms with Crippen molar-refractivity contribution in [1.29, 1.82) is 0 Å². The number of pyridine rings is 1. The summed E-state index contributed by atoms with van der Waals surface area (Å²) in [5.41, 5.74) is 9.70. The number of fused-ring (bicyclic) bond motifs is 2. The van der Waals surface area contributed by atoms with Gasteiger partial charge in [-0.3, -0.25) is 4.79 Å². The van der Waals surface area contributed by atoms with Gasteiger partial charge in [-0.1, -0.05) is 54.1 Å². The molecule has 1 unspecified atom stereocenters. The summed E-state index contributed by atoms with van der Waals surface area (Å²) in [4.78, 5) is 18.1. The van der Waals surface area contributed by atoms with Gasteiger partial charge in [0.2, 0.25) is 0 Å². The molecule has 8 heteroatoms. The molecule has 1 aliphatic rings. The molecular weight excluding hydrogens is 424 g/mol. The Kier molecular flexibility index (Phi) is 5.03. The van der Waals surface area contributed by atoms with Crippen molar-refractivity contribution in [3.05, 3.63) is 76.8 Å². The Balaban J connectivity index is 1.56. The van der Waals surface area contributed by atoms with Gasteiger partial charge in [0.1, 0.15) is 11.4 Å². The number of rotatable bonds is 4. The number of benzene rings is 2. The van der Waals surface area contributed by atoms with Gasteiger partial charge in [-0.25, -0.2) is 9.67 Å². The molecule has 2 aromatic carbocycles. The number of nitrogens with one attached hydrogen (secondary N) is 2. The lowest BCUT2D eigenvalue weighted by molar-refractivity contribution is 0.0941.